The van der Waals surface area contributed by atoms with E-state index in [0.717, 1.165) is 5.56 Å². The van der Waals surface area contributed by atoms with Crippen molar-refractivity contribution < 1.29 is 22.7 Å². The fraction of sp³-hybridized carbons (Fsp3) is 0.273. The lowest BCUT2D eigenvalue weighted by atomic mass is 10.2. The summed E-state index contributed by atoms with van der Waals surface area (Å²) in [6.07, 6.45) is 0.163. The van der Waals surface area contributed by atoms with Crippen LogP contribution in [0.4, 0.5) is 4.79 Å². The van der Waals surface area contributed by atoms with Crippen molar-refractivity contribution in [3.8, 4) is 5.75 Å². The molecule has 0 aliphatic carbocycles. The predicted octanol–water partition coefficient (Wildman–Crippen LogP) is -0.171. The van der Waals surface area contributed by atoms with Crippen LogP contribution in [0.3, 0.4) is 0 Å². The van der Waals surface area contributed by atoms with Crippen LogP contribution in [-0.2, 0) is 21.2 Å². The lowest BCUT2D eigenvalue weighted by molar-refractivity contribution is -0.118. The highest BCUT2D eigenvalue weighted by Gasteiger charge is 2.44. The lowest BCUT2D eigenvalue weighted by Crippen LogP contribution is -2.42. The van der Waals surface area contributed by atoms with Gasteiger partial charge in [0, 0.05) is 6.42 Å². The number of nitrogens with one attached hydrogen (secondary N) is 1. The molecule has 0 radical (unpaired) electrons. The Morgan fingerprint density at radius 2 is 2.00 bits per heavy atom. The van der Waals surface area contributed by atoms with Gasteiger partial charge in [-0.05, 0) is 11.6 Å². The minimum absolute atomic E-state index is 0.163. The molecule has 0 bridgehead atoms. The molecule has 7 nitrogen and oxygen atoms in total. The number of carbonyl (C=O) groups excluding carboxylic acids is 2. The van der Waals surface area contributed by atoms with E-state index in [1.165, 1.54) is 0 Å². The van der Waals surface area contributed by atoms with Crippen molar-refractivity contribution in [2.45, 2.75) is 11.9 Å². The largest absolute Gasteiger partial charge is 0.472 e. The van der Waals surface area contributed by atoms with E-state index < -0.39 is 33.9 Å². The van der Waals surface area contributed by atoms with Gasteiger partial charge in [0.25, 0.3) is 10.0 Å². The third-order valence-corrected chi connectivity index (χ3v) is 4.85. The van der Waals surface area contributed by atoms with Crippen molar-refractivity contribution in [1.29, 1.82) is 0 Å². The molecule has 1 fully saturated rings. The lowest BCUT2D eigenvalue weighted by Gasteiger charge is -2.18. The van der Waals surface area contributed by atoms with Crippen LogP contribution >= 0.6 is 0 Å². The molecule has 0 spiro atoms. The molecule has 1 aromatic rings. The molecule has 1 saturated heterocycles. The molecule has 19 heavy (non-hydrogen) atoms. The standard InChI is InChI=1S/C11H10N2O5S/c14-9-6-13(11(15)12-9)19(16,17)10-5-7-3-1-2-4-8(7)18-10/h1-4,10H,5-6H2,(H,12,14,15). The summed E-state index contributed by atoms with van der Waals surface area (Å²) in [6, 6.07) is 6.02. The number of hydrogen-bond donors (Lipinski definition) is 1. The zero-order valence-corrected chi connectivity index (χ0v) is 10.5. The van der Waals surface area contributed by atoms with Crippen LogP contribution in [0.15, 0.2) is 24.3 Å². The predicted molar refractivity (Wildman–Crippen MR) is 63.7 cm³/mol. The fourth-order valence-corrected chi connectivity index (χ4v) is 3.56. The molecule has 2 aliphatic heterocycles. The molecule has 3 rings (SSSR count). The number of imide groups is 1. The van der Waals surface area contributed by atoms with E-state index in [1.807, 2.05) is 5.32 Å². The third-order valence-electron chi connectivity index (χ3n) is 3.02. The van der Waals surface area contributed by atoms with E-state index in [9.17, 15) is 18.0 Å². The van der Waals surface area contributed by atoms with Crippen molar-refractivity contribution >= 4 is 22.0 Å². The molecule has 1 aromatic carbocycles. The highest BCUT2D eigenvalue weighted by Crippen LogP contribution is 2.31. The summed E-state index contributed by atoms with van der Waals surface area (Å²) in [7, 11) is -4.01. The van der Waals surface area contributed by atoms with Gasteiger partial charge in [0.15, 0.2) is 0 Å². The number of hydrogen-bond acceptors (Lipinski definition) is 5. The van der Waals surface area contributed by atoms with Gasteiger partial charge in [-0.3, -0.25) is 10.1 Å². The van der Waals surface area contributed by atoms with Crippen LogP contribution in [0.1, 0.15) is 5.56 Å². The van der Waals surface area contributed by atoms with E-state index in [4.69, 9.17) is 4.74 Å². The normalized spacial score (nSPS) is 22.1. The fourth-order valence-electron chi connectivity index (χ4n) is 2.09. The van der Waals surface area contributed by atoms with E-state index in [-0.39, 0.29) is 6.42 Å². The molecule has 2 aliphatic rings. The molecule has 2 heterocycles. The topological polar surface area (TPSA) is 92.8 Å². The summed E-state index contributed by atoms with van der Waals surface area (Å²) >= 11 is 0. The number of fused-ring (bicyclic) bond motifs is 1. The molecular weight excluding hydrogens is 272 g/mol. The minimum atomic E-state index is -4.01. The van der Waals surface area contributed by atoms with Gasteiger partial charge in [0.2, 0.25) is 11.3 Å². The molecule has 0 aromatic heterocycles. The van der Waals surface area contributed by atoms with Gasteiger partial charge in [-0.15, -0.1) is 0 Å². The van der Waals surface area contributed by atoms with Gasteiger partial charge in [-0.2, -0.15) is 0 Å². The van der Waals surface area contributed by atoms with E-state index in [0.29, 0.717) is 10.1 Å². The first-order valence-corrected chi connectivity index (χ1v) is 7.09. The number of rotatable bonds is 2. The number of benzene rings is 1. The van der Waals surface area contributed by atoms with Gasteiger partial charge in [0.05, 0.1) is 0 Å². The van der Waals surface area contributed by atoms with Crippen molar-refractivity contribution in [3.05, 3.63) is 29.8 Å². The number of sulfonamides is 1. The molecule has 100 valence electrons. The summed E-state index contributed by atoms with van der Waals surface area (Å²) in [5.74, 6) is -0.147. The van der Waals surface area contributed by atoms with Crippen molar-refractivity contribution in [2.75, 3.05) is 6.54 Å². The second kappa shape index (κ2) is 3.95. The molecule has 3 amide bonds. The van der Waals surface area contributed by atoms with Crippen LogP contribution in [0.5, 0.6) is 5.75 Å². The molecule has 8 heteroatoms. The second-order valence-corrected chi connectivity index (χ2v) is 6.26. The molecule has 1 atom stereocenters. The Bertz CT molecular complexity index is 644. The zero-order chi connectivity index (χ0) is 13.6. The molecule has 1 unspecified atom stereocenters. The summed E-state index contributed by atoms with van der Waals surface area (Å²) in [5, 5.41) is 1.93. The van der Waals surface area contributed by atoms with E-state index >= 15 is 0 Å². The summed E-state index contributed by atoms with van der Waals surface area (Å²) < 4.78 is 30.4. The van der Waals surface area contributed by atoms with Gasteiger partial charge < -0.3 is 4.74 Å². The van der Waals surface area contributed by atoms with Gasteiger partial charge >= 0.3 is 6.03 Å². The number of urea groups is 1. The Morgan fingerprint density at radius 3 is 2.63 bits per heavy atom. The van der Waals surface area contributed by atoms with Crippen LogP contribution in [0.25, 0.3) is 0 Å². The number of carbonyl (C=O) groups is 2. The maximum atomic E-state index is 12.2. The third kappa shape index (κ3) is 1.84. The van der Waals surface area contributed by atoms with Crippen molar-refractivity contribution in [3.63, 3.8) is 0 Å². The van der Waals surface area contributed by atoms with Gasteiger partial charge in [0.1, 0.15) is 12.3 Å². The number of ether oxygens (including phenoxy) is 1. The first-order chi connectivity index (χ1) is 8.98. The van der Waals surface area contributed by atoms with E-state index in [1.54, 1.807) is 24.3 Å². The average Bonchev–Trinajstić information content (AvgIpc) is 2.92. The highest BCUT2D eigenvalue weighted by atomic mass is 32.2. The van der Waals surface area contributed by atoms with Crippen molar-refractivity contribution in [1.82, 2.24) is 9.62 Å². The molecule has 1 N–H and O–H groups in total. The van der Waals surface area contributed by atoms with Crippen LogP contribution in [-0.4, -0.2) is 36.6 Å². The Morgan fingerprint density at radius 1 is 1.26 bits per heavy atom. The Kier molecular flexibility index (Phi) is 2.49. The Hall–Kier alpha value is -2.09. The zero-order valence-electron chi connectivity index (χ0n) is 9.70. The second-order valence-electron chi connectivity index (χ2n) is 4.26. The maximum Gasteiger partial charge on any atom is 0.338 e. The quantitative estimate of drug-likeness (QED) is 0.760. The van der Waals surface area contributed by atoms with E-state index in [2.05, 4.69) is 0 Å². The number of para-hydroxylation sites is 1. The number of nitrogens with zero attached hydrogens (tertiary/aromatic N) is 1. The van der Waals surface area contributed by atoms with Crippen LogP contribution in [0, 0.1) is 0 Å². The first-order valence-electron chi connectivity index (χ1n) is 5.58. The summed E-state index contributed by atoms with van der Waals surface area (Å²) in [6.45, 7) is -0.489. The Labute approximate surface area is 109 Å². The summed E-state index contributed by atoms with van der Waals surface area (Å²) in [4.78, 5) is 22.5. The van der Waals surface area contributed by atoms with Crippen LogP contribution in [0.2, 0.25) is 0 Å². The van der Waals surface area contributed by atoms with Crippen LogP contribution < -0.4 is 10.1 Å². The summed E-state index contributed by atoms with van der Waals surface area (Å²) in [5.41, 5.74) is -0.399. The molecular formula is C11H10N2O5S. The first kappa shape index (κ1) is 12.0. The van der Waals surface area contributed by atoms with Crippen molar-refractivity contribution in [2.24, 2.45) is 0 Å². The monoisotopic (exact) mass is 282 g/mol. The number of amides is 3. The Balaban J connectivity index is 1.88. The van der Waals surface area contributed by atoms with Gasteiger partial charge in [-0.1, -0.05) is 18.2 Å². The minimum Gasteiger partial charge on any atom is -0.472 e. The average molecular weight is 282 g/mol. The SMILES string of the molecule is O=C1CN(S(=O)(=O)C2Cc3ccccc3O2)C(=O)N1. The molecule has 0 saturated carbocycles. The maximum absolute atomic E-state index is 12.2. The highest BCUT2D eigenvalue weighted by molar-refractivity contribution is 7.90. The van der Waals surface area contributed by atoms with Gasteiger partial charge in [-0.25, -0.2) is 17.5 Å². The smallest absolute Gasteiger partial charge is 0.338 e.